The second kappa shape index (κ2) is 6.70. The average Bonchev–Trinajstić information content (AvgIpc) is 3.24. The maximum atomic E-state index is 5.73. The number of nitrogens with zero attached hydrogens (tertiary/aromatic N) is 2. The molecular weight excluding hydrogens is 242 g/mol. The van der Waals surface area contributed by atoms with Gasteiger partial charge in [0.15, 0.2) is 0 Å². The van der Waals surface area contributed by atoms with Crippen molar-refractivity contribution in [3.05, 3.63) is 11.4 Å². The molecule has 0 spiro atoms. The molecule has 0 atom stereocenters. The van der Waals surface area contributed by atoms with E-state index in [2.05, 4.69) is 22.2 Å². The lowest BCUT2D eigenvalue weighted by Crippen LogP contribution is -2.11. The predicted molar refractivity (Wildman–Crippen MR) is 74.9 cm³/mol. The lowest BCUT2D eigenvalue weighted by Gasteiger charge is -2.13. The zero-order valence-electron chi connectivity index (χ0n) is 12.0. The lowest BCUT2D eigenvalue weighted by molar-refractivity contribution is 0.0986. The van der Waals surface area contributed by atoms with E-state index in [4.69, 9.17) is 9.47 Å². The molecule has 1 fully saturated rings. The highest BCUT2D eigenvalue weighted by atomic mass is 16.5. The standard InChI is InChI=1S/C14H23N3O2/c1-4-7-18-8-9-19-14-10(2)12(15-3)16-13(17-14)11-5-6-11/h11H,4-9H2,1-3H3,(H,15,16,17). The molecule has 1 N–H and O–H groups in total. The fraction of sp³-hybridized carbons (Fsp3) is 0.714. The normalized spacial score (nSPS) is 14.5. The summed E-state index contributed by atoms with van der Waals surface area (Å²) in [6.07, 6.45) is 3.40. The topological polar surface area (TPSA) is 56.3 Å². The van der Waals surface area contributed by atoms with Crippen LogP contribution in [0.25, 0.3) is 0 Å². The fourth-order valence-electron chi connectivity index (χ4n) is 1.86. The van der Waals surface area contributed by atoms with Crippen LogP contribution < -0.4 is 10.1 Å². The summed E-state index contributed by atoms with van der Waals surface area (Å²) in [5.41, 5.74) is 0.961. The molecule has 0 unspecified atom stereocenters. The van der Waals surface area contributed by atoms with Crippen LogP contribution in [0.2, 0.25) is 0 Å². The van der Waals surface area contributed by atoms with Crippen molar-refractivity contribution in [2.75, 3.05) is 32.2 Å². The molecule has 1 aromatic heterocycles. The molecule has 5 heteroatoms. The van der Waals surface area contributed by atoms with E-state index >= 15 is 0 Å². The monoisotopic (exact) mass is 265 g/mol. The molecule has 5 nitrogen and oxygen atoms in total. The van der Waals surface area contributed by atoms with Gasteiger partial charge in [-0.25, -0.2) is 4.98 Å². The molecule has 1 aromatic rings. The molecule has 2 rings (SSSR count). The van der Waals surface area contributed by atoms with Gasteiger partial charge in [-0.3, -0.25) is 0 Å². The van der Waals surface area contributed by atoms with Gasteiger partial charge in [-0.05, 0) is 26.2 Å². The molecule has 0 bridgehead atoms. The maximum absolute atomic E-state index is 5.73. The lowest BCUT2D eigenvalue weighted by atomic mass is 10.3. The van der Waals surface area contributed by atoms with E-state index in [1.165, 1.54) is 12.8 Å². The largest absolute Gasteiger partial charge is 0.475 e. The van der Waals surface area contributed by atoms with E-state index in [0.29, 0.717) is 25.0 Å². The summed E-state index contributed by atoms with van der Waals surface area (Å²) < 4.78 is 11.1. The summed E-state index contributed by atoms with van der Waals surface area (Å²) in [6.45, 7) is 5.98. The highest BCUT2D eigenvalue weighted by Gasteiger charge is 2.28. The molecule has 0 radical (unpaired) electrons. The van der Waals surface area contributed by atoms with E-state index in [1.807, 2.05) is 14.0 Å². The van der Waals surface area contributed by atoms with Crippen LogP contribution in [-0.2, 0) is 4.74 Å². The molecule has 0 aromatic carbocycles. The zero-order chi connectivity index (χ0) is 13.7. The second-order valence-corrected chi connectivity index (χ2v) is 4.85. The van der Waals surface area contributed by atoms with Gasteiger partial charge < -0.3 is 14.8 Å². The van der Waals surface area contributed by atoms with Crippen molar-refractivity contribution in [1.29, 1.82) is 0 Å². The number of anilines is 1. The number of hydrogen-bond acceptors (Lipinski definition) is 5. The summed E-state index contributed by atoms with van der Waals surface area (Å²) in [5, 5.41) is 3.11. The summed E-state index contributed by atoms with van der Waals surface area (Å²) in [4.78, 5) is 9.07. The number of ether oxygens (including phenoxy) is 2. The Kier molecular flexibility index (Phi) is 4.96. The quantitative estimate of drug-likeness (QED) is 0.732. The minimum absolute atomic E-state index is 0.520. The van der Waals surface area contributed by atoms with E-state index < -0.39 is 0 Å². The van der Waals surface area contributed by atoms with Crippen LogP contribution in [0.4, 0.5) is 5.82 Å². The number of hydrogen-bond donors (Lipinski definition) is 1. The van der Waals surface area contributed by atoms with Gasteiger partial charge in [-0.1, -0.05) is 6.92 Å². The SMILES string of the molecule is CCCOCCOc1nc(C2CC2)nc(NC)c1C. The average molecular weight is 265 g/mol. The van der Waals surface area contributed by atoms with Gasteiger partial charge in [-0.15, -0.1) is 0 Å². The van der Waals surface area contributed by atoms with E-state index in [-0.39, 0.29) is 0 Å². The molecule has 0 saturated heterocycles. The first-order valence-electron chi connectivity index (χ1n) is 7.03. The smallest absolute Gasteiger partial charge is 0.221 e. The second-order valence-electron chi connectivity index (χ2n) is 4.85. The first-order valence-corrected chi connectivity index (χ1v) is 7.03. The van der Waals surface area contributed by atoms with Crippen LogP contribution in [0.15, 0.2) is 0 Å². The Balaban J connectivity index is 1.99. The minimum atomic E-state index is 0.520. The Morgan fingerprint density at radius 2 is 2.00 bits per heavy atom. The third-order valence-corrected chi connectivity index (χ3v) is 3.11. The molecule has 1 aliphatic rings. The Morgan fingerprint density at radius 1 is 1.21 bits per heavy atom. The molecule has 0 aliphatic heterocycles. The number of aromatic nitrogens is 2. The highest BCUT2D eigenvalue weighted by Crippen LogP contribution is 2.39. The third-order valence-electron chi connectivity index (χ3n) is 3.11. The van der Waals surface area contributed by atoms with Gasteiger partial charge in [0.05, 0.1) is 12.2 Å². The van der Waals surface area contributed by atoms with Crippen LogP contribution in [-0.4, -0.2) is 36.8 Å². The molecular formula is C14H23N3O2. The zero-order valence-corrected chi connectivity index (χ0v) is 12.0. The maximum Gasteiger partial charge on any atom is 0.221 e. The minimum Gasteiger partial charge on any atom is -0.475 e. The first-order chi connectivity index (χ1) is 9.26. The molecule has 0 amide bonds. The van der Waals surface area contributed by atoms with Gasteiger partial charge in [-0.2, -0.15) is 4.98 Å². The van der Waals surface area contributed by atoms with Crippen molar-refractivity contribution < 1.29 is 9.47 Å². The molecule has 106 valence electrons. The van der Waals surface area contributed by atoms with Crippen LogP contribution in [0.1, 0.15) is 43.5 Å². The predicted octanol–water partition coefficient (Wildman–Crippen LogP) is 2.51. The van der Waals surface area contributed by atoms with E-state index in [9.17, 15) is 0 Å². The van der Waals surface area contributed by atoms with Crippen molar-refractivity contribution in [2.24, 2.45) is 0 Å². The summed E-state index contributed by atoms with van der Waals surface area (Å²) in [7, 11) is 1.88. The van der Waals surface area contributed by atoms with Crippen LogP contribution in [0.3, 0.4) is 0 Å². The van der Waals surface area contributed by atoms with Crippen LogP contribution >= 0.6 is 0 Å². The van der Waals surface area contributed by atoms with Crippen LogP contribution in [0.5, 0.6) is 5.88 Å². The molecule has 1 saturated carbocycles. The van der Waals surface area contributed by atoms with Gasteiger partial charge >= 0.3 is 0 Å². The molecule has 19 heavy (non-hydrogen) atoms. The van der Waals surface area contributed by atoms with Crippen molar-refractivity contribution in [1.82, 2.24) is 9.97 Å². The van der Waals surface area contributed by atoms with Crippen molar-refractivity contribution >= 4 is 5.82 Å². The summed E-state index contributed by atoms with van der Waals surface area (Å²) in [5.74, 6) is 2.97. The first kappa shape index (κ1) is 14.1. The summed E-state index contributed by atoms with van der Waals surface area (Å²) in [6, 6.07) is 0. The van der Waals surface area contributed by atoms with Crippen molar-refractivity contribution in [3.8, 4) is 5.88 Å². The highest BCUT2D eigenvalue weighted by molar-refractivity contribution is 5.48. The van der Waals surface area contributed by atoms with Gasteiger partial charge in [0, 0.05) is 19.6 Å². The molecule has 1 heterocycles. The Morgan fingerprint density at radius 3 is 2.63 bits per heavy atom. The van der Waals surface area contributed by atoms with Gasteiger partial charge in [0.25, 0.3) is 0 Å². The van der Waals surface area contributed by atoms with E-state index in [1.54, 1.807) is 0 Å². The van der Waals surface area contributed by atoms with Gasteiger partial charge in [0.2, 0.25) is 5.88 Å². The number of rotatable bonds is 8. The van der Waals surface area contributed by atoms with E-state index in [0.717, 1.165) is 30.2 Å². The fourth-order valence-corrected chi connectivity index (χ4v) is 1.86. The van der Waals surface area contributed by atoms with Gasteiger partial charge in [0.1, 0.15) is 18.2 Å². The third kappa shape index (κ3) is 3.80. The van der Waals surface area contributed by atoms with Crippen molar-refractivity contribution in [2.45, 2.75) is 39.0 Å². The molecule has 1 aliphatic carbocycles. The number of nitrogens with one attached hydrogen (secondary N) is 1. The Hall–Kier alpha value is -1.36. The Labute approximate surface area is 114 Å². The Bertz CT molecular complexity index is 419. The van der Waals surface area contributed by atoms with Crippen LogP contribution in [0, 0.1) is 6.92 Å². The summed E-state index contributed by atoms with van der Waals surface area (Å²) >= 11 is 0. The van der Waals surface area contributed by atoms with Crippen molar-refractivity contribution in [3.63, 3.8) is 0 Å².